The molecule has 0 aromatic heterocycles. The van der Waals surface area contributed by atoms with E-state index in [1.54, 1.807) is 0 Å². The van der Waals surface area contributed by atoms with Gasteiger partial charge in [0.05, 0.1) is 0 Å². The fourth-order valence-corrected chi connectivity index (χ4v) is 2.32. The van der Waals surface area contributed by atoms with Crippen LogP contribution in [0.3, 0.4) is 0 Å². The van der Waals surface area contributed by atoms with Crippen LogP contribution in [0.5, 0.6) is 0 Å². The van der Waals surface area contributed by atoms with Crippen molar-refractivity contribution in [2.45, 2.75) is 64.3 Å². The van der Waals surface area contributed by atoms with Crippen molar-refractivity contribution in [2.75, 3.05) is 6.54 Å². The zero-order valence-corrected chi connectivity index (χ0v) is 10.5. The zero-order chi connectivity index (χ0) is 11.8. The highest BCUT2D eigenvalue weighted by molar-refractivity contribution is 5.78. The summed E-state index contributed by atoms with van der Waals surface area (Å²) in [6, 6.07) is 0.245. The second-order valence-corrected chi connectivity index (χ2v) is 5.10. The second kappa shape index (κ2) is 7.66. The molecular weight excluding hydrogens is 200 g/mol. The normalized spacial score (nSPS) is 20.1. The molecule has 3 N–H and O–H groups in total. The molecule has 3 heteroatoms. The summed E-state index contributed by atoms with van der Waals surface area (Å²) < 4.78 is 0. The summed E-state index contributed by atoms with van der Waals surface area (Å²) in [4.78, 5) is 11.9. The van der Waals surface area contributed by atoms with Gasteiger partial charge in [0.25, 0.3) is 0 Å². The zero-order valence-electron chi connectivity index (χ0n) is 10.5. The molecule has 1 atom stereocenters. The highest BCUT2D eigenvalue weighted by atomic mass is 16.1. The summed E-state index contributed by atoms with van der Waals surface area (Å²) in [6.07, 6.45) is 9.19. The Morgan fingerprint density at radius 2 is 1.94 bits per heavy atom. The Morgan fingerprint density at radius 1 is 1.31 bits per heavy atom. The number of carbonyl (C=O) groups excluding carboxylic acids is 1. The minimum atomic E-state index is 0.245. The lowest BCUT2D eigenvalue weighted by molar-refractivity contribution is -0.125. The highest BCUT2D eigenvalue weighted by Crippen LogP contribution is 2.22. The van der Waals surface area contributed by atoms with Crippen LogP contribution in [0.4, 0.5) is 0 Å². The van der Waals surface area contributed by atoms with E-state index >= 15 is 0 Å². The van der Waals surface area contributed by atoms with E-state index in [0.29, 0.717) is 0 Å². The lowest BCUT2D eigenvalue weighted by atomic mass is 9.99. The molecule has 1 aliphatic carbocycles. The standard InChI is InChI=1S/C13H26N2O/c1-11(14)7-6-10-15-13(16)12-8-4-2-3-5-9-12/h11-12H,2-10,14H2,1H3,(H,15,16). The van der Waals surface area contributed by atoms with Gasteiger partial charge in [0, 0.05) is 18.5 Å². The molecule has 0 heterocycles. The van der Waals surface area contributed by atoms with Gasteiger partial charge in [-0.1, -0.05) is 25.7 Å². The Balaban J connectivity index is 2.13. The van der Waals surface area contributed by atoms with Crippen molar-refractivity contribution in [1.82, 2.24) is 5.32 Å². The fourth-order valence-electron chi connectivity index (χ4n) is 2.32. The van der Waals surface area contributed by atoms with E-state index in [2.05, 4.69) is 5.32 Å². The van der Waals surface area contributed by atoms with Gasteiger partial charge < -0.3 is 11.1 Å². The topological polar surface area (TPSA) is 55.1 Å². The molecule has 3 nitrogen and oxygen atoms in total. The van der Waals surface area contributed by atoms with E-state index in [-0.39, 0.29) is 17.9 Å². The number of hydrogen-bond acceptors (Lipinski definition) is 2. The Hall–Kier alpha value is -0.570. The van der Waals surface area contributed by atoms with Crippen LogP contribution in [0.2, 0.25) is 0 Å². The SMILES string of the molecule is CC(N)CCCNC(=O)C1CCCCCC1. The predicted molar refractivity (Wildman–Crippen MR) is 67.1 cm³/mol. The number of nitrogens with two attached hydrogens (primary N) is 1. The Bertz CT molecular complexity index is 196. The van der Waals surface area contributed by atoms with Gasteiger partial charge in [-0.15, -0.1) is 0 Å². The van der Waals surface area contributed by atoms with E-state index in [4.69, 9.17) is 5.73 Å². The van der Waals surface area contributed by atoms with Crippen molar-refractivity contribution < 1.29 is 4.79 Å². The van der Waals surface area contributed by atoms with Gasteiger partial charge in [-0.3, -0.25) is 4.79 Å². The number of amides is 1. The first-order valence-electron chi connectivity index (χ1n) is 6.73. The average molecular weight is 226 g/mol. The van der Waals surface area contributed by atoms with Crippen molar-refractivity contribution in [3.05, 3.63) is 0 Å². The van der Waals surface area contributed by atoms with E-state index < -0.39 is 0 Å². The van der Waals surface area contributed by atoms with Crippen LogP contribution in [0.1, 0.15) is 58.3 Å². The molecular formula is C13H26N2O. The van der Waals surface area contributed by atoms with Crippen LogP contribution in [0.25, 0.3) is 0 Å². The molecule has 0 spiro atoms. The smallest absolute Gasteiger partial charge is 0.223 e. The summed E-state index contributed by atoms with van der Waals surface area (Å²) >= 11 is 0. The first-order valence-corrected chi connectivity index (χ1v) is 6.73. The molecule has 1 amide bonds. The van der Waals surface area contributed by atoms with Gasteiger partial charge in [0.15, 0.2) is 0 Å². The third-order valence-corrected chi connectivity index (χ3v) is 3.36. The van der Waals surface area contributed by atoms with Crippen molar-refractivity contribution in [2.24, 2.45) is 11.7 Å². The van der Waals surface area contributed by atoms with E-state index in [1.807, 2.05) is 6.92 Å². The predicted octanol–water partition coefficient (Wildman–Crippen LogP) is 2.20. The fraction of sp³-hybridized carbons (Fsp3) is 0.923. The number of hydrogen-bond donors (Lipinski definition) is 2. The van der Waals surface area contributed by atoms with Crippen molar-refractivity contribution in [1.29, 1.82) is 0 Å². The summed E-state index contributed by atoms with van der Waals surface area (Å²) in [5.41, 5.74) is 5.66. The van der Waals surface area contributed by atoms with E-state index in [0.717, 1.165) is 32.2 Å². The summed E-state index contributed by atoms with van der Waals surface area (Å²) in [7, 11) is 0. The summed E-state index contributed by atoms with van der Waals surface area (Å²) in [5.74, 6) is 0.546. The maximum absolute atomic E-state index is 11.9. The van der Waals surface area contributed by atoms with Gasteiger partial charge in [-0.2, -0.15) is 0 Å². The van der Waals surface area contributed by atoms with Gasteiger partial charge in [-0.05, 0) is 32.6 Å². The highest BCUT2D eigenvalue weighted by Gasteiger charge is 2.19. The monoisotopic (exact) mass is 226 g/mol. The summed E-state index contributed by atoms with van der Waals surface area (Å²) in [6.45, 7) is 2.80. The van der Waals surface area contributed by atoms with Crippen LogP contribution in [0.15, 0.2) is 0 Å². The van der Waals surface area contributed by atoms with Crippen LogP contribution in [-0.2, 0) is 4.79 Å². The molecule has 0 saturated heterocycles. The molecule has 94 valence electrons. The van der Waals surface area contributed by atoms with Crippen LogP contribution >= 0.6 is 0 Å². The quantitative estimate of drug-likeness (QED) is 0.558. The molecule has 0 aliphatic heterocycles. The molecule has 16 heavy (non-hydrogen) atoms. The second-order valence-electron chi connectivity index (χ2n) is 5.10. The molecule has 0 aromatic rings. The average Bonchev–Trinajstić information content (AvgIpc) is 2.52. The van der Waals surface area contributed by atoms with Crippen molar-refractivity contribution in [3.8, 4) is 0 Å². The first kappa shape index (κ1) is 13.5. The maximum atomic E-state index is 11.9. The molecule has 0 bridgehead atoms. The number of carbonyl (C=O) groups is 1. The minimum Gasteiger partial charge on any atom is -0.356 e. The van der Waals surface area contributed by atoms with Gasteiger partial charge in [0.1, 0.15) is 0 Å². The van der Waals surface area contributed by atoms with Gasteiger partial charge in [-0.25, -0.2) is 0 Å². The maximum Gasteiger partial charge on any atom is 0.223 e. The van der Waals surface area contributed by atoms with Gasteiger partial charge in [0.2, 0.25) is 5.91 Å². The largest absolute Gasteiger partial charge is 0.356 e. The molecule has 0 radical (unpaired) electrons. The third-order valence-electron chi connectivity index (χ3n) is 3.36. The number of rotatable bonds is 5. The van der Waals surface area contributed by atoms with Crippen molar-refractivity contribution >= 4 is 5.91 Å². The molecule has 1 saturated carbocycles. The van der Waals surface area contributed by atoms with Gasteiger partial charge >= 0.3 is 0 Å². The Morgan fingerprint density at radius 3 is 2.50 bits per heavy atom. The Kier molecular flexibility index (Phi) is 6.46. The lowest BCUT2D eigenvalue weighted by Gasteiger charge is -2.14. The van der Waals surface area contributed by atoms with Crippen LogP contribution in [-0.4, -0.2) is 18.5 Å². The van der Waals surface area contributed by atoms with E-state index in [1.165, 1.54) is 25.7 Å². The molecule has 0 aromatic carbocycles. The summed E-state index contributed by atoms with van der Waals surface area (Å²) in [5, 5.41) is 3.04. The van der Waals surface area contributed by atoms with E-state index in [9.17, 15) is 4.79 Å². The van der Waals surface area contributed by atoms with Crippen LogP contribution < -0.4 is 11.1 Å². The number of nitrogens with one attached hydrogen (secondary N) is 1. The molecule has 1 aliphatic rings. The molecule has 1 unspecified atom stereocenters. The lowest BCUT2D eigenvalue weighted by Crippen LogP contribution is -2.31. The minimum absolute atomic E-state index is 0.245. The molecule has 1 fully saturated rings. The molecule has 1 rings (SSSR count). The van der Waals surface area contributed by atoms with Crippen molar-refractivity contribution in [3.63, 3.8) is 0 Å². The Labute approximate surface area is 99.2 Å². The third kappa shape index (κ3) is 5.50. The van der Waals surface area contributed by atoms with Crippen LogP contribution in [0, 0.1) is 5.92 Å². The first-order chi connectivity index (χ1) is 7.70.